The van der Waals surface area contributed by atoms with E-state index in [1.54, 1.807) is 0 Å². The highest BCUT2D eigenvalue weighted by Gasteiger charge is 2.53. The number of hydrogen-bond donors (Lipinski definition) is 3. The van der Waals surface area contributed by atoms with Crippen LogP contribution in [0.15, 0.2) is 11.1 Å². The molecule has 4 rings (SSSR count). The van der Waals surface area contributed by atoms with Crippen LogP contribution in [0.5, 0.6) is 0 Å². The van der Waals surface area contributed by atoms with Crippen molar-refractivity contribution in [3.05, 3.63) is 11.1 Å². The van der Waals surface area contributed by atoms with Crippen molar-refractivity contribution < 1.29 is 28.3 Å². The second-order valence-electron chi connectivity index (χ2n) is 5.07. The van der Waals surface area contributed by atoms with Gasteiger partial charge in [-0.3, -0.25) is 13.6 Å². The fourth-order valence-electron chi connectivity index (χ4n) is 2.67. The maximum absolute atomic E-state index is 11.5. The van der Waals surface area contributed by atoms with E-state index >= 15 is 0 Å². The van der Waals surface area contributed by atoms with Gasteiger partial charge in [0.05, 0.1) is 6.61 Å². The fourth-order valence-corrected chi connectivity index (χ4v) is 4.19. The topological polar surface area (TPSA) is 155 Å². The van der Waals surface area contributed by atoms with Gasteiger partial charge in [0.2, 0.25) is 0 Å². The van der Waals surface area contributed by atoms with Crippen LogP contribution in [0.4, 0.5) is 5.82 Å². The van der Waals surface area contributed by atoms with Crippen LogP contribution in [0.25, 0.3) is 11.2 Å². The van der Waals surface area contributed by atoms with Crippen molar-refractivity contribution in [3.8, 4) is 0 Å². The van der Waals surface area contributed by atoms with E-state index in [9.17, 15) is 14.6 Å². The molecule has 2 aliphatic heterocycles. The number of nitrogen functional groups attached to an aromatic ring is 1. The molecule has 0 radical (unpaired) electrons. The number of phosphoric acid groups is 1. The summed E-state index contributed by atoms with van der Waals surface area (Å²) in [6, 6.07) is 0. The van der Waals surface area contributed by atoms with Gasteiger partial charge >= 0.3 is 7.82 Å². The highest BCUT2D eigenvalue weighted by molar-refractivity contribution is 9.10. The summed E-state index contributed by atoms with van der Waals surface area (Å²) in [6.45, 7) is -0.173. The van der Waals surface area contributed by atoms with Crippen LogP contribution in [0.2, 0.25) is 0 Å². The molecule has 5 atom stereocenters. The summed E-state index contributed by atoms with van der Waals surface area (Å²) in [7, 11) is -4.19. The average molecular weight is 408 g/mol. The first-order valence-electron chi connectivity index (χ1n) is 6.50. The number of rotatable bonds is 1. The molecule has 4 N–H and O–H groups in total. The SMILES string of the molecule is Nc1ncnc2c1nc(Br)n2[C@H]1O[C@H]2COP(=O)(O)O[C@H]2[C@@H]1O. The number of aliphatic hydroxyl groups excluding tert-OH is 1. The van der Waals surface area contributed by atoms with Crippen LogP contribution >= 0.6 is 23.8 Å². The number of ether oxygens (including phenoxy) is 1. The molecular weight excluding hydrogens is 397 g/mol. The van der Waals surface area contributed by atoms with Crippen LogP contribution in [0.3, 0.4) is 0 Å². The number of anilines is 1. The van der Waals surface area contributed by atoms with Gasteiger partial charge in [-0.05, 0) is 15.9 Å². The summed E-state index contributed by atoms with van der Waals surface area (Å²) in [5.41, 5.74) is 6.45. The third-order valence-corrected chi connectivity index (χ3v) is 5.23. The lowest BCUT2D eigenvalue weighted by atomic mass is 10.1. The molecule has 0 saturated carbocycles. The number of nitrogens with two attached hydrogens (primary N) is 1. The molecule has 0 aliphatic carbocycles. The Kier molecular flexibility index (Phi) is 3.47. The lowest BCUT2D eigenvalue weighted by Gasteiger charge is -2.27. The van der Waals surface area contributed by atoms with Crippen LogP contribution in [-0.4, -0.2) is 54.4 Å². The Morgan fingerprint density at radius 3 is 3.04 bits per heavy atom. The zero-order valence-corrected chi connectivity index (χ0v) is 13.8. The van der Waals surface area contributed by atoms with Gasteiger partial charge < -0.3 is 20.5 Å². The minimum Gasteiger partial charge on any atom is -0.386 e. The van der Waals surface area contributed by atoms with Crippen LogP contribution in [0.1, 0.15) is 6.23 Å². The minimum absolute atomic E-state index is 0.173. The summed E-state index contributed by atoms with van der Waals surface area (Å²) in [5.74, 6) is 0.179. The van der Waals surface area contributed by atoms with E-state index in [0.717, 1.165) is 0 Å². The zero-order chi connectivity index (χ0) is 16.4. The molecule has 2 saturated heterocycles. The molecule has 2 aromatic heterocycles. The first-order valence-corrected chi connectivity index (χ1v) is 8.79. The van der Waals surface area contributed by atoms with Crippen molar-refractivity contribution in [1.82, 2.24) is 19.5 Å². The van der Waals surface area contributed by atoms with Gasteiger partial charge in [-0.15, -0.1) is 0 Å². The number of imidazole rings is 1. The summed E-state index contributed by atoms with van der Waals surface area (Å²) in [6.07, 6.45) is -2.62. The highest BCUT2D eigenvalue weighted by atomic mass is 79.9. The Balaban J connectivity index is 1.76. The molecule has 0 amide bonds. The second-order valence-corrected chi connectivity index (χ2v) is 7.19. The van der Waals surface area contributed by atoms with Gasteiger partial charge in [0.1, 0.15) is 24.6 Å². The van der Waals surface area contributed by atoms with Crippen molar-refractivity contribution >= 4 is 40.7 Å². The van der Waals surface area contributed by atoms with Crippen molar-refractivity contribution in [2.45, 2.75) is 24.5 Å². The van der Waals surface area contributed by atoms with Gasteiger partial charge in [0, 0.05) is 0 Å². The molecule has 2 aromatic rings. The zero-order valence-electron chi connectivity index (χ0n) is 11.3. The van der Waals surface area contributed by atoms with Crippen molar-refractivity contribution in [2.24, 2.45) is 0 Å². The quantitative estimate of drug-likeness (QED) is 0.432. The smallest absolute Gasteiger partial charge is 0.386 e. The van der Waals surface area contributed by atoms with Crippen molar-refractivity contribution in [1.29, 1.82) is 0 Å². The first kappa shape index (κ1) is 15.4. The number of phosphoric ester groups is 1. The Labute approximate surface area is 137 Å². The molecule has 2 aliphatic rings. The maximum atomic E-state index is 11.5. The van der Waals surface area contributed by atoms with E-state index in [-0.39, 0.29) is 12.4 Å². The molecule has 0 aromatic carbocycles. The number of hydrogen-bond acceptors (Lipinski definition) is 9. The third kappa shape index (κ3) is 2.38. The van der Waals surface area contributed by atoms with Crippen LogP contribution in [-0.2, 0) is 18.3 Å². The summed E-state index contributed by atoms with van der Waals surface area (Å²) >= 11 is 3.26. The number of nitrogens with zero attached hydrogens (tertiary/aromatic N) is 4. The summed E-state index contributed by atoms with van der Waals surface area (Å²) < 4.78 is 28.6. The first-order chi connectivity index (χ1) is 10.9. The van der Waals surface area contributed by atoms with Gasteiger partial charge in [-0.25, -0.2) is 19.5 Å². The number of aliphatic hydroxyl groups is 1. The van der Waals surface area contributed by atoms with Gasteiger partial charge in [0.15, 0.2) is 27.9 Å². The normalized spacial score (nSPS) is 37.2. The standard InChI is InChI=1S/C10H11BrN5O6P/c11-10-15-4-7(12)13-2-14-8(4)16(10)9-5(17)6-3(21-9)1-20-23(18,19)22-6/h2-3,5-6,9,17H,1H2,(H,18,19)(H2,12,13,14)/t3-,5-,6+,9-/m0/s1. The fraction of sp³-hybridized carbons (Fsp3) is 0.500. The van der Waals surface area contributed by atoms with Crippen LogP contribution < -0.4 is 5.73 Å². The van der Waals surface area contributed by atoms with E-state index in [1.165, 1.54) is 10.9 Å². The molecule has 0 bridgehead atoms. The minimum atomic E-state index is -4.19. The van der Waals surface area contributed by atoms with E-state index in [0.29, 0.717) is 15.9 Å². The Morgan fingerprint density at radius 1 is 1.48 bits per heavy atom. The van der Waals surface area contributed by atoms with Crippen molar-refractivity contribution in [2.75, 3.05) is 12.3 Å². The predicted octanol–water partition coefficient (Wildman–Crippen LogP) is -0.0549. The average Bonchev–Trinajstić information content (AvgIpc) is 2.97. The lowest BCUT2D eigenvalue weighted by Crippen LogP contribution is -2.39. The van der Waals surface area contributed by atoms with E-state index < -0.39 is 32.4 Å². The van der Waals surface area contributed by atoms with Gasteiger partial charge in [0.25, 0.3) is 0 Å². The number of aromatic nitrogens is 4. The molecule has 11 nitrogen and oxygen atoms in total. The number of fused-ring (bicyclic) bond motifs is 2. The maximum Gasteiger partial charge on any atom is 0.472 e. The predicted molar refractivity (Wildman–Crippen MR) is 78.0 cm³/mol. The molecule has 2 fully saturated rings. The van der Waals surface area contributed by atoms with E-state index in [2.05, 4.69) is 30.9 Å². The van der Waals surface area contributed by atoms with Gasteiger partial charge in [-0.2, -0.15) is 0 Å². The lowest BCUT2D eigenvalue weighted by molar-refractivity contribution is -0.0669. The Morgan fingerprint density at radius 2 is 2.26 bits per heavy atom. The largest absolute Gasteiger partial charge is 0.472 e. The second kappa shape index (κ2) is 5.18. The van der Waals surface area contributed by atoms with Crippen molar-refractivity contribution in [3.63, 3.8) is 0 Å². The molecule has 1 unspecified atom stereocenters. The van der Waals surface area contributed by atoms with E-state index in [1.807, 2.05) is 0 Å². The Hall–Kier alpha value is -1.14. The molecule has 13 heteroatoms. The molecular formula is C10H11BrN5O6P. The van der Waals surface area contributed by atoms with Gasteiger partial charge in [-0.1, -0.05) is 0 Å². The Bertz CT molecular complexity index is 831. The monoisotopic (exact) mass is 407 g/mol. The highest BCUT2D eigenvalue weighted by Crippen LogP contribution is 2.52. The summed E-state index contributed by atoms with van der Waals surface area (Å²) in [5, 5.41) is 10.5. The molecule has 0 spiro atoms. The number of halogens is 1. The molecule has 124 valence electrons. The summed E-state index contributed by atoms with van der Waals surface area (Å²) in [4.78, 5) is 21.5. The molecule has 4 heterocycles. The molecule has 23 heavy (non-hydrogen) atoms. The van der Waals surface area contributed by atoms with Crippen LogP contribution in [0, 0.1) is 0 Å². The third-order valence-electron chi connectivity index (χ3n) is 3.68. The van der Waals surface area contributed by atoms with E-state index in [4.69, 9.17) is 19.5 Å².